The molecule has 0 aliphatic carbocycles. The van der Waals surface area contributed by atoms with Gasteiger partial charge in [-0.15, -0.1) is 0 Å². The molecule has 0 fully saturated rings. The van der Waals surface area contributed by atoms with Gasteiger partial charge in [0, 0.05) is 22.8 Å². The molecule has 0 spiro atoms. The lowest BCUT2D eigenvalue weighted by molar-refractivity contribution is 0.102. The number of nitrogen functional groups attached to an aromatic ring is 1. The van der Waals surface area contributed by atoms with Crippen LogP contribution in [-0.2, 0) is 0 Å². The van der Waals surface area contributed by atoms with Gasteiger partial charge in [-0.3, -0.25) is 4.79 Å². The highest BCUT2D eigenvalue weighted by atomic mass is 79.9. The number of aromatic nitrogens is 1. The predicted molar refractivity (Wildman–Crippen MR) is 76.9 cm³/mol. The van der Waals surface area contributed by atoms with Crippen molar-refractivity contribution in [3.8, 4) is 11.5 Å². The van der Waals surface area contributed by atoms with Gasteiger partial charge in [0.15, 0.2) is 11.5 Å². The summed E-state index contributed by atoms with van der Waals surface area (Å²) in [6, 6.07) is 6.61. The standard InChI is InChI=1S/C13H10BrN3O3/c14-7-1-2-9(16-5-7)13(18)17-10-4-12-11(3-8(10)15)19-6-20-12/h1-5H,6,15H2,(H,17,18). The van der Waals surface area contributed by atoms with E-state index in [1.165, 1.54) is 0 Å². The molecule has 3 N–H and O–H groups in total. The minimum atomic E-state index is -0.344. The predicted octanol–water partition coefficient (Wildman–Crippen LogP) is 2.41. The van der Waals surface area contributed by atoms with Crippen molar-refractivity contribution in [3.05, 3.63) is 40.6 Å². The first-order valence-electron chi connectivity index (χ1n) is 5.75. The molecule has 102 valence electrons. The fourth-order valence-corrected chi connectivity index (χ4v) is 2.00. The van der Waals surface area contributed by atoms with Gasteiger partial charge in [0.1, 0.15) is 5.69 Å². The number of halogens is 1. The van der Waals surface area contributed by atoms with Crippen molar-refractivity contribution in [2.75, 3.05) is 17.8 Å². The molecule has 1 aromatic carbocycles. The number of benzene rings is 1. The number of hydrogen-bond acceptors (Lipinski definition) is 5. The zero-order valence-corrected chi connectivity index (χ0v) is 11.8. The number of nitrogens with one attached hydrogen (secondary N) is 1. The minimum absolute atomic E-state index is 0.153. The Morgan fingerprint density at radius 3 is 2.75 bits per heavy atom. The summed E-state index contributed by atoms with van der Waals surface area (Å²) < 4.78 is 11.3. The molecule has 1 aliphatic rings. The zero-order chi connectivity index (χ0) is 14.1. The van der Waals surface area contributed by atoms with E-state index in [9.17, 15) is 4.79 Å². The number of nitrogens with two attached hydrogens (primary N) is 1. The molecule has 0 saturated heterocycles. The second-order valence-electron chi connectivity index (χ2n) is 4.11. The molecule has 3 rings (SSSR count). The third-order valence-electron chi connectivity index (χ3n) is 2.75. The van der Waals surface area contributed by atoms with Crippen molar-refractivity contribution in [1.29, 1.82) is 0 Å². The van der Waals surface area contributed by atoms with Crippen molar-refractivity contribution >= 4 is 33.2 Å². The maximum Gasteiger partial charge on any atom is 0.274 e. The van der Waals surface area contributed by atoms with Crippen molar-refractivity contribution in [3.63, 3.8) is 0 Å². The van der Waals surface area contributed by atoms with Crippen LogP contribution in [0.15, 0.2) is 34.9 Å². The topological polar surface area (TPSA) is 86.5 Å². The van der Waals surface area contributed by atoms with E-state index >= 15 is 0 Å². The van der Waals surface area contributed by atoms with Crippen LogP contribution < -0.4 is 20.5 Å². The fraction of sp³-hybridized carbons (Fsp3) is 0.0769. The molecule has 0 radical (unpaired) electrons. The Hall–Kier alpha value is -2.28. The van der Waals surface area contributed by atoms with E-state index in [0.717, 1.165) is 4.47 Å². The maximum atomic E-state index is 12.1. The van der Waals surface area contributed by atoms with Crippen LogP contribution >= 0.6 is 15.9 Å². The Kier molecular flexibility index (Phi) is 3.19. The second-order valence-corrected chi connectivity index (χ2v) is 5.02. The first-order valence-corrected chi connectivity index (χ1v) is 6.55. The molecule has 2 heterocycles. The summed E-state index contributed by atoms with van der Waals surface area (Å²) in [5, 5.41) is 2.70. The van der Waals surface area contributed by atoms with Crippen molar-refractivity contribution in [2.24, 2.45) is 0 Å². The number of fused-ring (bicyclic) bond motifs is 1. The van der Waals surface area contributed by atoms with Gasteiger partial charge < -0.3 is 20.5 Å². The number of pyridine rings is 1. The summed E-state index contributed by atoms with van der Waals surface area (Å²) in [5.74, 6) is 0.781. The monoisotopic (exact) mass is 335 g/mol. The molecular formula is C13H10BrN3O3. The van der Waals surface area contributed by atoms with Gasteiger partial charge >= 0.3 is 0 Å². The number of carbonyl (C=O) groups is 1. The van der Waals surface area contributed by atoms with Crippen LogP contribution in [0, 0.1) is 0 Å². The minimum Gasteiger partial charge on any atom is -0.454 e. The average Bonchev–Trinajstić information content (AvgIpc) is 2.87. The highest BCUT2D eigenvalue weighted by Gasteiger charge is 2.17. The van der Waals surface area contributed by atoms with Crippen LogP contribution in [0.3, 0.4) is 0 Å². The molecule has 20 heavy (non-hydrogen) atoms. The third kappa shape index (κ3) is 2.39. The fourth-order valence-electron chi connectivity index (χ4n) is 1.76. The van der Waals surface area contributed by atoms with E-state index in [1.807, 2.05) is 0 Å². The number of ether oxygens (including phenoxy) is 2. The van der Waals surface area contributed by atoms with E-state index < -0.39 is 0 Å². The Balaban J connectivity index is 1.84. The molecule has 0 saturated carbocycles. The zero-order valence-electron chi connectivity index (χ0n) is 10.2. The normalized spacial score (nSPS) is 12.2. The molecule has 1 aliphatic heterocycles. The van der Waals surface area contributed by atoms with Crippen LogP contribution in [0.25, 0.3) is 0 Å². The lowest BCUT2D eigenvalue weighted by Gasteiger charge is -2.09. The van der Waals surface area contributed by atoms with Gasteiger partial charge in [-0.05, 0) is 28.1 Å². The van der Waals surface area contributed by atoms with Crippen LogP contribution in [0.1, 0.15) is 10.5 Å². The van der Waals surface area contributed by atoms with Gasteiger partial charge in [0.2, 0.25) is 6.79 Å². The lowest BCUT2D eigenvalue weighted by Crippen LogP contribution is -2.14. The van der Waals surface area contributed by atoms with Gasteiger partial charge in [-0.1, -0.05) is 0 Å². The summed E-state index contributed by atoms with van der Waals surface area (Å²) in [5.41, 5.74) is 7.03. The smallest absolute Gasteiger partial charge is 0.274 e. The summed E-state index contributed by atoms with van der Waals surface area (Å²) in [6.07, 6.45) is 1.55. The van der Waals surface area contributed by atoms with Crippen molar-refractivity contribution in [2.45, 2.75) is 0 Å². The van der Waals surface area contributed by atoms with E-state index in [2.05, 4.69) is 26.2 Å². The van der Waals surface area contributed by atoms with Gasteiger partial charge in [-0.2, -0.15) is 0 Å². The maximum absolute atomic E-state index is 12.1. The highest BCUT2D eigenvalue weighted by Crippen LogP contribution is 2.38. The third-order valence-corrected chi connectivity index (χ3v) is 3.22. The summed E-state index contributed by atoms with van der Waals surface area (Å²) in [7, 11) is 0. The molecule has 7 heteroatoms. The van der Waals surface area contributed by atoms with Crippen LogP contribution in [0.4, 0.5) is 11.4 Å². The molecule has 6 nitrogen and oxygen atoms in total. The Labute approximate surface area is 123 Å². The number of anilines is 2. The van der Waals surface area contributed by atoms with Gasteiger partial charge in [-0.25, -0.2) is 4.98 Å². The second kappa shape index (κ2) is 5.01. The number of rotatable bonds is 2. The van der Waals surface area contributed by atoms with Gasteiger partial charge in [0.25, 0.3) is 5.91 Å². The van der Waals surface area contributed by atoms with Crippen molar-refractivity contribution < 1.29 is 14.3 Å². The Bertz CT molecular complexity index is 673. The first-order chi connectivity index (χ1) is 9.63. The molecule has 0 bridgehead atoms. The Morgan fingerprint density at radius 2 is 2.05 bits per heavy atom. The number of carbonyl (C=O) groups excluding carboxylic acids is 1. The molecule has 1 amide bonds. The molecule has 1 aromatic heterocycles. The van der Waals surface area contributed by atoms with E-state index in [-0.39, 0.29) is 12.7 Å². The first kappa shape index (κ1) is 12.7. The largest absolute Gasteiger partial charge is 0.454 e. The average molecular weight is 336 g/mol. The Morgan fingerprint density at radius 1 is 1.30 bits per heavy atom. The van der Waals surface area contributed by atoms with E-state index in [1.54, 1.807) is 30.5 Å². The highest BCUT2D eigenvalue weighted by molar-refractivity contribution is 9.10. The SMILES string of the molecule is Nc1cc2c(cc1NC(=O)c1ccc(Br)cn1)OCO2. The summed E-state index contributed by atoms with van der Waals surface area (Å²) in [4.78, 5) is 16.1. The number of amides is 1. The molecular weight excluding hydrogens is 326 g/mol. The van der Waals surface area contributed by atoms with Crippen LogP contribution in [0.5, 0.6) is 11.5 Å². The van der Waals surface area contributed by atoms with E-state index in [4.69, 9.17) is 15.2 Å². The number of hydrogen-bond donors (Lipinski definition) is 2. The quantitative estimate of drug-likeness (QED) is 0.823. The van der Waals surface area contributed by atoms with Gasteiger partial charge in [0.05, 0.1) is 11.4 Å². The van der Waals surface area contributed by atoms with Crippen LogP contribution in [-0.4, -0.2) is 17.7 Å². The summed E-state index contributed by atoms with van der Waals surface area (Å²) >= 11 is 3.26. The molecule has 0 unspecified atom stereocenters. The molecule has 0 atom stereocenters. The number of nitrogens with zero attached hydrogens (tertiary/aromatic N) is 1. The summed E-state index contributed by atoms with van der Waals surface area (Å²) in [6.45, 7) is 0.153. The van der Waals surface area contributed by atoms with Crippen LogP contribution in [0.2, 0.25) is 0 Å². The van der Waals surface area contributed by atoms with Crippen molar-refractivity contribution in [1.82, 2.24) is 4.98 Å². The molecule has 2 aromatic rings. The lowest BCUT2D eigenvalue weighted by atomic mass is 10.2. The van der Waals surface area contributed by atoms with E-state index in [0.29, 0.717) is 28.6 Å².